The van der Waals surface area contributed by atoms with Crippen molar-refractivity contribution in [1.29, 1.82) is 0 Å². The third kappa shape index (κ3) is 10.4. The van der Waals surface area contributed by atoms with Crippen molar-refractivity contribution in [2.24, 2.45) is 5.41 Å². The number of nitrogens with zero attached hydrogens (tertiary/aromatic N) is 3. The van der Waals surface area contributed by atoms with Crippen molar-refractivity contribution in [3.8, 4) is 0 Å². The summed E-state index contributed by atoms with van der Waals surface area (Å²) in [7, 11) is 0. The van der Waals surface area contributed by atoms with E-state index in [-0.39, 0.29) is 56.1 Å². The molecule has 0 spiro atoms. The monoisotopic (exact) mass is 387 g/mol. The van der Waals surface area contributed by atoms with E-state index < -0.39 is 0 Å². The maximum Gasteiger partial charge on any atom is 0.108 e. The second-order valence-electron chi connectivity index (χ2n) is 6.77. The standard InChI is InChI=1S/C9H17N3O2.C6H11O.Y/c1-9(2,3)12-6-8(10-11-12)7-14-5-4-13;1-5(7)6(2,3)4;/h6,13H,4-5,7H2,1-3H3;1H2,2-4H3;/q;-1;. The van der Waals surface area contributed by atoms with Crippen LogP contribution in [0.2, 0.25) is 0 Å². The van der Waals surface area contributed by atoms with Crippen molar-refractivity contribution < 1.29 is 47.3 Å². The Morgan fingerprint density at radius 1 is 1.32 bits per heavy atom. The molecule has 22 heavy (non-hydrogen) atoms. The van der Waals surface area contributed by atoms with Crippen LogP contribution >= 0.6 is 0 Å². The van der Waals surface area contributed by atoms with E-state index in [2.05, 4.69) is 38.0 Å². The number of Topliss-reactive ketones (excluding diaryl/α,β-unsaturated/α-hetero) is 1. The van der Waals surface area contributed by atoms with Crippen molar-refractivity contribution >= 4 is 5.78 Å². The number of rotatable bonds is 4. The van der Waals surface area contributed by atoms with Gasteiger partial charge in [0.1, 0.15) is 5.69 Å². The molecule has 0 unspecified atom stereocenters. The Kier molecular flexibility index (Phi) is 11.4. The second-order valence-corrected chi connectivity index (χ2v) is 6.77. The van der Waals surface area contributed by atoms with Crippen molar-refractivity contribution in [3.63, 3.8) is 0 Å². The number of carbonyl (C=O) groups is 1. The molecule has 1 aromatic rings. The second kappa shape index (κ2) is 10.5. The molecule has 0 amide bonds. The minimum absolute atomic E-state index is 0. The van der Waals surface area contributed by atoms with Crippen LogP contribution in [0.15, 0.2) is 6.20 Å². The number of hydrogen-bond donors (Lipinski definition) is 1. The van der Waals surface area contributed by atoms with E-state index in [1.807, 2.05) is 27.0 Å². The Morgan fingerprint density at radius 2 is 1.82 bits per heavy atom. The van der Waals surface area contributed by atoms with Crippen LogP contribution in [0.25, 0.3) is 0 Å². The van der Waals surface area contributed by atoms with Crippen molar-refractivity contribution in [2.75, 3.05) is 13.2 Å². The van der Waals surface area contributed by atoms with Crippen molar-refractivity contribution in [3.05, 3.63) is 18.8 Å². The molecule has 1 radical (unpaired) electrons. The van der Waals surface area contributed by atoms with Crippen LogP contribution in [-0.4, -0.2) is 39.1 Å². The summed E-state index contributed by atoms with van der Waals surface area (Å²) in [5, 5.41) is 16.5. The molecule has 125 valence electrons. The molecule has 0 aliphatic heterocycles. The van der Waals surface area contributed by atoms with Gasteiger partial charge in [-0.3, -0.25) is 0 Å². The third-order valence-corrected chi connectivity index (χ3v) is 2.55. The van der Waals surface area contributed by atoms with E-state index in [1.54, 1.807) is 4.68 Å². The van der Waals surface area contributed by atoms with Gasteiger partial charge in [0.2, 0.25) is 0 Å². The SMILES string of the molecule is CC(C)(C)n1cc(COCCO)nn1.[CH2-]C(=O)C(C)(C)C.[Y]. The van der Waals surface area contributed by atoms with Crippen molar-refractivity contribution in [1.82, 2.24) is 15.0 Å². The van der Waals surface area contributed by atoms with Crippen LogP contribution in [0, 0.1) is 12.3 Å². The quantitative estimate of drug-likeness (QED) is 0.632. The molecule has 0 bridgehead atoms. The van der Waals surface area contributed by atoms with Gasteiger partial charge in [-0.05, 0) is 26.2 Å². The molecule has 0 aliphatic carbocycles. The van der Waals surface area contributed by atoms with E-state index in [0.717, 1.165) is 5.69 Å². The fraction of sp³-hybridized carbons (Fsp3) is 0.733. The van der Waals surface area contributed by atoms with Gasteiger partial charge in [0.05, 0.1) is 31.6 Å². The summed E-state index contributed by atoms with van der Waals surface area (Å²) in [4.78, 5) is 10.4. The van der Waals surface area contributed by atoms with E-state index >= 15 is 0 Å². The summed E-state index contributed by atoms with van der Waals surface area (Å²) in [5.74, 6) is -0.00694. The summed E-state index contributed by atoms with van der Waals surface area (Å²) in [6, 6.07) is 0. The number of ether oxygens (including phenoxy) is 1. The third-order valence-electron chi connectivity index (χ3n) is 2.55. The normalized spacial score (nSPS) is 11.2. The fourth-order valence-electron chi connectivity index (χ4n) is 0.934. The Bertz CT molecular complexity index is 434. The molecule has 0 saturated heterocycles. The van der Waals surface area contributed by atoms with Gasteiger partial charge in [-0.2, -0.15) is 0 Å². The molecular formula is C15H28N3O3Y-. The van der Waals surface area contributed by atoms with Crippen LogP contribution < -0.4 is 0 Å². The van der Waals surface area contributed by atoms with Gasteiger partial charge in [-0.25, -0.2) is 4.68 Å². The molecule has 0 aromatic carbocycles. The van der Waals surface area contributed by atoms with Gasteiger partial charge >= 0.3 is 0 Å². The Morgan fingerprint density at radius 3 is 2.14 bits per heavy atom. The minimum atomic E-state index is -0.250. The first kappa shape index (κ1) is 24.0. The Hall–Kier alpha value is -0.296. The minimum Gasteiger partial charge on any atom is -0.394 e. The van der Waals surface area contributed by atoms with Crippen LogP contribution in [0.3, 0.4) is 0 Å². The smallest absolute Gasteiger partial charge is 0.108 e. The molecule has 0 aliphatic rings. The zero-order chi connectivity index (χ0) is 16.7. The molecular weight excluding hydrogens is 359 g/mol. The maximum atomic E-state index is 10.4. The molecule has 0 saturated carbocycles. The first-order chi connectivity index (χ1) is 9.48. The first-order valence-corrected chi connectivity index (χ1v) is 6.95. The molecule has 0 fully saturated rings. The molecule has 1 N–H and O–H groups in total. The number of aliphatic hydroxyl groups excluding tert-OH is 1. The predicted molar refractivity (Wildman–Crippen MR) is 81.6 cm³/mol. The average Bonchev–Trinajstić information content (AvgIpc) is 2.77. The average molecular weight is 387 g/mol. The van der Waals surface area contributed by atoms with Gasteiger partial charge < -0.3 is 21.6 Å². The van der Waals surface area contributed by atoms with Crippen LogP contribution in [0.5, 0.6) is 0 Å². The Balaban J connectivity index is 0. The van der Waals surface area contributed by atoms with Crippen LogP contribution in [-0.2, 0) is 54.4 Å². The number of aromatic nitrogens is 3. The molecule has 1 aromatic heterocycles. The number of ketones is 1. The first-order valence-electron chi connectivity index (χ1n) is 6.95. The molecule has 0 atom stereocenters. The number of carbonyl (C=O) groups excluding carboxylic acids is 1. The predicted octanol–water partition coefficient (Wildman–Crippen LogP) is 1.98. The fourth-order valence-corrected chi connectivity index (χ4v) is 0.934. The van der Waals surface area contributed by atoms with Crippen LogP contribution in [0.4, 0.5) is 0 Å². The van der Waals surface area contributed by atoms with Crippen LogP contribution in [0.1, 0.15) is 47.2 Å². The summed E-state index contributed by atoms with van der Waals surface area (Å²) in [5.41, 5.74) is 0.482. The summed E-state index contributed by atoms with van der Waals surface area (Å²) in [6.07, 6.45) is 1.86. The molecule has 1 rings (SSSR count). The maximum absolute atomic E-state index is 10.4. The largest absolute Gasteiger partial charge is 0.394 e. The zero-order valence-electron chi connectivity index (χ0n) is 14.6. The zero-order valence-corrected chi connectivity index (χ0v) is 17.4. The molecule has 6 nitrogen and oxygen atoms in total. The number of hydrogen-bond acceptors (Lipinski definition) is 5. The van der Waals surface area contributed by atoms with E-state index in [4.69, 9.17) is 9.84 Å². The van der Waals surface area contributed by atoms with Gasteiger partial charge in [-0.15, -0.1) is 5.10 Å². The summed E-state index contributed by atoms with van der Waals surface area (Å²) in [6.45, 7) is 15.8. The topological polar surface area (TPSA) is 77.2 Å². The summed E-state index contributed by atoms with van der Waals surface area (Å²) >= 11 is 0. The summed E-state index contributed by atoms with van der Waals surface area (Å²) < 4.78 is 6.93. The molecule has 7 heteroatoms. The van der Waals surface area contributed by atoms with E-state index in [1.165, 1.54) is 0 Å². The Labute approximate surface area is 158 Å². The van der Waals surface area contributed by atoms with Gasteiger partial charge in [0, 0.05) is 38.5 Å². The van der Waals surface area contributed by atoms with Crippen molar-refractivity contribution in [2.45, 2.75) is 53.7 Å². The van der Waals surface area contributed by atoms with Gasteiger partial charge in [-0.1, -0.05) is 26.0 Å². The van der Waals surface area contributed by atoms with Gasteiger partial charge in [0.15, 0.2) is 0 Å². The van der Waals surface area contributed by atoms with E-state index in [0.29, 0.717) is 13.2 Å². The molecule has 1 heterocycles. The van der Waals surface area contributed by atoms with Gasteiger partial charge in [0.25, 0.3) is 0 Å². The number of aliphatic hydroxyl groups is 1. The van der Waals surface area contributed by atoms with E-state index in [9.17, 15) is 4.79 Å².